The van der Waals surface area contributed by atoms with E-state index in [0.717, 1.165) is 23.7 Å². The number of rotatable bonds is 12. The Bertz CT molecular complexity index is 1180. The molecule has 0 aliphatic carbocycles. The fraction of sp³-hybridized carbons (Fsp3) is 0.250. The molecule has 0 aromatic heterocycles. The zero-order valence-electron chi connectivity index (χ0n) is 20.3. The first kappa shape index (κ1) is 26.9. The third-order valence-corrected chi connectivity index (χ3v) is 5.57. The molecule has 188 valence electrons. The van der Waals surface area contributed by atoms with Crippen molar-refractivity contribution in [1.29, 1.82) is 0 Å². The molecule has 8 heteroatoms. The number of carbonyl (C=O) groups excluding carboxylic acids is 2. The van der Waals surface area contributed by atoms with E-state index in [1.807, 2.05) is 31.2 Å². The SMILES string of the molecule is CCCCc1ccc(OCC(=O)N/N=C/c2cc(Br)ccc2OC(=O)c2ccc(OCC)cc2)cc1. The van der Waals surface area contributed by atoms with Crippen LogP contribution in [0.1, 0.15) is 48.2 Å². The second-order valence-electron chi connectivity index (χ2n) is 7.86. The summed E-state index contributed by atoms with van der Waals surface area (Å²) in [5.74, 6) is 0.658. The standard InChI is InChI=1S/C28H29BrN2O5/c1-3-5-6-20-7-12-25(13-8-20)35-19-27(32)31-30-18-22-17-23(29)11-16-26(22)36-28(33)21-9-14-24(15-10-21)34-4-2/h7-18H,3-6,19H2,1-2H3,(H,31,32)/b30-18+. The van der Waals surface area contributed by atoms with Crippen LogP contribution < -0.4 is 19.6 Å². The first-order valence-electron chi connectivity index (χ1n) is 11.8. The number of carbonyl (C=O) groups is 2. The molecule has 0 unspecified atom stereocenters. The molecule has 3 aromatic rings. The zero-order chi connectivity index (χ0) is 25.8. The molecule has 0 saturated carbocycles. The monoisotopic (exact) mass is 552 g/mol. The Hall–Kier alpha value is -3.65. The maximum atomic E-state index is 12.6. The third kappa shape index (κ3) is 8.53. The molecule has 0 aliphatic rings. The molecule has 36 heavy (non-hydrogen) atoms. The number of aryl methyl sites for hydroxylation is 1. The summed E-state index contributed by atoms with van der Waals surface area (Å²) in [6, 6.07) is 19.5. The Morgan fingerprint density at radius 3 is 2.33 bits per heavy atom. The molecule has 3 rings (SSSR count). The van der Waals surface area contributed by atoms with Gasteiger partial charge in [-0.25, -0.2) is 10.2 Å². The van der Waals surface area contributed by atoms with Gasteiger partial charge in [0, 0.05) is 10.0 Å². The lowest BCUT2D eigenvalue weighted by Gasteiger charge is -2.09. The number of benzene rings is 3. The van der Waals surface area contributed by atoms with E-state index in [0.29, 0.717) is 35.0 Å². The minimum Gasteiger partial charge on any atom is -0.494 e. The molecule has 0 radical (unpaired) electrons. The van der Waals surface area contributed by atoms with Crippen molar-refractivity contribution in [2.24, 2.45) is 5.10 Å². The van der Waals surface area contributed by atoms with E-state index in [4.69, 9.17) is 14.2 Å². The number of nitrogens with zero attached hydrogens (tertiary/aromatic N) is 1. The molecule has 0 aliphatic heterocycles. The van der Waals surface area contributed by atoms with Crippen molar-refractivity contribution in [3.63, 3.8) is 0 Å². The number of hydrazone groups is 1. The van der Waals surface area contributed by atoms with Gasteiger partial charge in [0.25, 0.3) is 5.91 Å². The van der Waals surface area contributed by atoms with Crippen molar-refractivity contribution >= 4 is 34.0 Å². The van der Waals surface area contributed by atoms with Crippen LogP contribution in [-0.2, 0) is 11.2 Å². The summed E-state index contributed by atoms with van der Waals surface area (Å²) in [5.41, 5.74) is 4.56. The summed E-state index contributed by atoms with van der Waals surface area (Å²) in [5, 5.41) is 3.98. The van der Waals surface area contributed by atoms with Gasteiger partial charge >= 0.3 is 5.97 Å². The first-order valence-corrected chi connectivity index (χ1v) is 12.6. The lowest BCUT2D eigenvalue weighted by Crippen LogP contribution is -2.24. The largest absolute Gasteiger partial charge is 0.494 e. The molecule has 0 saturated heterocycles. The van der Waals surface area contributed by atoms with Gasteiger partial charge in [0.2, 0.25) is 0 Å². The first-order chi connectivity index (χ1) is 17.5. The molecular weight excluding hydrogens is 524 g/mol. The van der Waals surface area contributed by atoms with Crippen molar-refractivity contribution in [2.75, 3.05) is 13.2 Å². The predicted octanol–water partition coefficient (Wildman–Crippen LogP) is 5.94. The summed E-state index contributed by atoms with van der Waals surface area (Å²) in [4.78, 5) is 24.7. The number of amides is 1. The van der Waals surface area contributed by atoms with Crippen LogP contribution >= 0.6 is 15.9 Å². The lowest BCUT2D eigenvalue weighted by atomic mass is 10.1. The maximum absolute atomic E-state index is 12.6. The summed E-state index contributed by atoms with van der Waals surface area (Å²) in [6.45, 7) is 4.41. The minimum absolute atomic E-state index is 0.177. The minimum atomic E-state index is -0.520. The summed E-state index contributed by atoms with van der Waals surface area (Å²) in [6.07, 6.45) is 4.72. The molecule has 0 heterocycles. The van der Waals surface area contributed by atoms with Crippen LogP contribution in [0.15, 0.2) is 76.3 Å². The molecule has 0 bridgehead atoms. The van der Waals surface area contributed by atoms with Gasteiger partial charge in [-0.15, -0.1) is 0 Å². The number of halogens is 1. The maximum Gasteiger partial charge on any atom is 0.343 e. The van der Waals surface area contributed by atoms with Crippen LogP contribution in [0.3, 0.4) is 0 Å². The highest BCUT2D eigenvalue weighted by Gasteiger charge is 2.12. The lowest BCUT2D eigenvalue weighted by molar-refractivity contribution is -0.123. The quantitative estimate of drug-likeness (QED) is 0.130. The number of hydrogen-bond donors (Lipinski definition) is 1. The Labute approximate surface area is 219 Å². The molecule has 7 nitrogen and oxygen atoms in total. The van der Waals surface area contributed by atoms with E-state index in [1.54, 1.807) is 42.5 Å². The predicted molar refractivity (Wildman–Crippen MR) is 143 cm³/mol. The molecule has 3 aromatic carbocycles. The molecule has 0 fully saturated rings. The number of unbranched alkanes of at least 4 members (excludes halogenated alkanes) is 1. The average molecular weight is 553 g/mol. The highest BCUT2D eigenvalue weighted by Crippen LogP contribution is 2.23. The van der Waals surface area contributed by atoms with Crippen LogP contribution in [0.5, 0.6) is 17.2 Å². The summed E-state index contributed by atoms with van der Waals surface area (Å²) >= 11 is 3.40. The van der Waals surface area contributed by atoms with Gasteiger partial charge < -0.3 is 14.2 Å². The van der Waals surface area contributed by atoms with Crippen molar-refractivity contribution < 1.29 is 23.8 Å². The second kappa shape index (κ2) is 14.0. The van der Waals surface area contributed by atoms with Crippen molar-refractivity contribution in [3.05, 3.63) is 87.9 Å². The van der Waals surface area contributed by atoms with Crippen LogP contribution in [0.25, 0.3) is 0 Å². The van der Waals surface area contributed by atoms with Gasteiger partial charge in [0.1, 0.15) is 17.2 Å². The van der Waals surface area contributed by atoms with E-state index in [9.17, 15) is 9.59 Å². The highest BCUT2D eigenvalue weighted by molar-refractivity contribution is 9.10. The molecule has 1 amide bonds. The molecule has 0 atom stereocenters. The number of ether oxygens (including phenoxy) is 3. The summed E-state index contributed by atoms with van der Waals surface area (Å²) in [7, 11) is 0. The Morgan fingerprint density at radius 1 is 0.944 bits per heavy atom. The normalized spacial score (nSPS) is 10.8. The second-order valence-corrected chi connectivity index (χ2v) is 8.77. The smallest absolute Gasteiger partial charge is 0.343 e. The van der Waals surface area contributed by atoms with Crippen molar-refractivity contribution in [1.82, 2.24) is 5.43 Å². The summed E-state index contributed by atoms with van der Waals surface area (Å²) < 4.78 is 17.2. The van der Waals surface area contributed by atoms with Crippen LogP contribution in [-0.4, -0.2) is 31.3 Å². The number of esters is 1. The van der Waals surface area contributed by atoms with E-state index in [1.165, 1.54) is 11.8 Å². The van der Waals surface area contributed by atoms with E-state index >= 15 is 0 Å². The van der Waals surface area contributed by atoms with E-state index in [2.05, 4.69) is 33.4 Å². The molecule has 1 N–H and O–H groups in total. The Balaban J connectivity index is 1.55. The van der Waals surface area contributed by atoms with E-state index in [-0.39, 0.29) is 6.61 Å². The number of nitrogens with one attached hydrogen (secondary N) is 1. The van der Waals surface area contributed by atoms with Gasteiger partial charge in [-0.3, -0.25) is 4.79 Å². The van der Waals surface area contributed by atoms with Gasteiger partial charge in [-0.05, 0) is 79.9 Å². The fourth-order valence-electron chi connectivity index (χ4n) is 3.21. The fourth-order valence-corrected chi connectivity index (χ4v) is 3.59. The van der Waals surface area contributed by atoms with Gasteiger partial charge in [-0.2, -0.15) is 5.10 Å². The number of hydrogen-bond acceptors (Lipinski definition) is 6. The Kier molecular flexibility index (Phi) is 10.5. The van der Waals surface area contributed by atoms with E-state index < -0.39 is 11.9 Å². The Morgan fingerprint density at radius 2 is 1.64 bits per heavy atom. The van der Waals surface area contributed by atoms with Crippen LogP contribution in [0.2, 0.25) is 0 Å². The van der Waals surface area contributed by atoms with Crippen molar-refractivity contribution in [2.45, 2.75) is 33.1 Å². The molecule has 0 spiro atoms. The average Bonchev–Trinajstić information content (AvgIpc) is 2.89. The van der Waals surface area contributed by atoms with Crippen LogP contribution in [0, 0.1) is 0 Å². The van der Waals surface area contributed by atoms with Crippen LogP contribution in [0.4, 0.5) is 0 Å². The molecular formula is C28H29BrN2O5. The van der Waals surface area contributed by atoms with Gasteiger partial charge in [0.05, 0.1) is 18.4 Å². The van der Waals surface area contributed by atoms with Gasteiger partial charge in [0.15, 0.2) is 6.61 Å². The topological polar surface area (TPSA) is 86.2 Å². The highest BCUT2D eigenvalue weighted by atomic mass is 79.9. The van der Waals surface area contributed by atoms with Gasteiger partial charge in [-0.1, -0.05) is 41.4 Å². The zero-order valence-corrected chi connectivity index (χ0v) is 21.9. The van der Waals surface area contributed by atoms with Crippen molar-refractivity contribution in [3.8, 4) is 17.2 Å². The third-order valence-electron chi connectivity index (χ3n) is 5.08.